The van der Waals surface area contributed by atoms with Crippen molar-refractivity contribution in [3.8, 4) is 0 Å². The van der Waals surface area contributed by atoms with E-state index in [1.807, 2.05) is 25.8 Å². The Hall–Kier alpha value is -1.72. The molecule has 0 atom stereocenters. The highest BCUT2D eigenvalue weighted by Gasteiger charge is 2.22. The monoisotopic (exact) mass is 281 g/mol. The van der Waals surface area contributed by atoms with Gasteiger partial charge < -0.3 is 10.2 Å². The van der Waals surface area contributed by atoms with Crippen LogP contribution in [-0.4, -0.2) is 40.3 Å². The SMILES string of the molecule is CN(Cc1cc(F)cc(/C=C/C(=O)O)c1)C(C)(C)CO. The van der Waals surface area contributed by atoms with Crippen LogP contribution in [0.4, 0.5) is 4.39 Å². The fourth-order valence-electron chi connectivity index (χ4n) is 1.64. The van der Waals surface area contributed by atoms with E-state index in [-0.39, 0.29) is 6.61 Å². The van der Waals surface area contributed by atoms with Gasteiger partial charge in [-0.3, -0.25) is 4.90 Å². The second-order valence-corrected chi connectivity index (χ2v) is 5.39. The Morgan fingerprint density at radius 2 is 2.05 bits per heavy atom. The van der Waals surface area contributed by atoms with E-state index < -0.39 is 17.3 Å². The van der Waals surface area contributed by atoms with E-state index in [4.69, 9.17) is 5.11 Å². The van der Waals surface area contributed by atoms with Gasteiger partial charge in [0.25, 0.3) is 0 Å². The van der Waals surface area contributed by atoms with Crippen LogP contribution in [0.5, 0.6) is 0 Å². The standard InChI is InChI=1S/C15H20FNO3/c1-15(2,10-18)17(3)9-12-6-11(4-5-14(19)20)7-13(16)8-12/h4-8,18H,9-10H2,1-3H3,(H,19,20)/b5-4+. The number of hydrogen-bond acceptors (Lipinski definition) is 3. The highest BCUT2D eigenvalue weighted by atomic mass is 19.1. The van der Waals surface area contributed by atoms with Gasteiger partial charge in [-0.25, -0.2) is 9.18 Å². The van der Waals surface area contributed by atoms with Crippen LogP contribution in [0.1, 0.15) is 25.0 Å². The van der Waals surface area contributed by atoms with Gasteiger partial charge in [0.1, 0.15) is 5.82 Å². The lowest BCUT2D eigenvalue weighted by molar-refractivity contribution is -0.131. The maximum Gasteiger partial charge on any atom is 0.328 e. The van der Waals surface area contributed by atoms with Crippen molar-refractivity contribution in [2.45, 2.75) is 25.9 Å². The first kappa shape index (κ1) is 16.3. The number of aliphatic hydroxyl groups is 1. The van der Waals surface area contributed by atoms with Gasteiger partial charge in [0.15, 0.2) is 0 Å². The number of aliphatic hydroxyl groups excluding tert-OH is 1. The molecular formula is C15H20FNO3. The number of carbonyl (C=O) groups is 1. The topological polar surface area (TPSA) is 60.8 Å². The van der Waals surface area contributed by atoms with Crippen molar-refractivity contribution in [3.63, 3.8) is 0 Å². The molecule has 0 bridgehead atoms. The molecule has 0 saturated carbocycles. The summed E-state index contributed by atoms with van der Waals surface area (Å²) in [6.45, 7) is 4.22. The first-order valence-electron chi connectivity index (χ1n) is 6.27. The van der Waals surface area contributed by atoms with Crippen molar-refractivity contribution < 1.29 is 19.4 Å². The third kappa shape index (κ3) is 4.75. The number of hydrogen-bond donors (Lipinski definition) is 2. The van der Waals surface area contributed by atoms with Gasteiger partial charge in [0.05, 0.1) is 6.61 Å². The molecule has 1 aromatic rings. The average Bonchev–Trinajstić information content (AvgIpc) is 2.35. The minimum atomic E-state index is -1.07. The Kier molecular flexibility index (Phi) is 5.42. The molecule has 0 heterocycles. The summed E-state index contributed by atoms with van der Waals surface area (Å²) in [7, 11) is 1.84. The third-order valence-electron chi connectivity index (χ3n) is 3.24. The molecule has 0 aromatic heterocycles. The molecule has 2 N–H and O–H groups in total. The van der Waals surface area contributed by atoms with Crippen LogP contribution >= 0.6 is 0 Å². The summed E-state index contributed by atoms with van der Waals surface area (Å²) >= 11 is 0. The zero-order valence-electron chi connectivity index (χ0n) is 11.9. The van der Waals surface area contributed by atoms with Gasteiger partial charge in [-0.2, -0.15) is 0 Å². The minimum absolute atomic E-state index is 0.00934. The molecule has 0 amide bonds. The van der Waals surface area contributed by atoms with Crippen molar-refractivity contribution in [2.75, 3.05) is 13.7 Å². The molecule has 1 aromatic carbocycles. The molecule has 4 nitrogen and oxygen atoms in total. The van der Waals surface area contributed by atoms with E-state index in [0.717, 1.165) is 11.6 Å². The second-order valence-electron chi connectivity index (χ2n) is 5.39. The van der Waals surface area contributed by atoms with E-state index in [1.165, 1.54) is 18.2 Å². The Balaban J connectivity index is 2.94. The maximum atomic E-state index is 13.5. The van der Waals surface area contributed by atoms with Crippen molar-refractivity contribution in [1.82, 2.24) is 4.90 Å². The number of benzene rings is 1. The van der Waals surface area contributed by atoms with Crippen LogP contribution < -0.4 is 0 Å². The van der Waals surface area contributed by atoms with Gasteiger partial charge in [0.2, 0.25) is 0 Å². The Labute approximate surface area is 118 Å². The predicted molar refractivity (Wildman–Crippen MR) is 75.7 cm³/mol. The summed E-state index contributed by atoms with van der Waals surface area (Å²) in [6, 6.07) is 4.41. The molecule has 0 aliphatic rings. The molecule has 0 fully saturated rings. The number of carboxylic acids is 1. The Bertz CT molecular complexity index is 512. The van der Waals surface area contributed by atoms with Crippen molar-refractivity contribution in [3.05, 3.63) is 41.2 Å². The molecule has 0 spiro atoms. The number of rotatable bonds is 6. The van der Waals surface area contributed by atoms with Gasteiger partial charge in [-0.15, -0.1) is 0 Å². The lowest BCUT2D eigenvalue weighted by Gasteiger charge is -2.34. The molecule has 0 aliphatic heterocycles. The molecular weight excluding hydrogens is 261 g/mol. The van der Waals surface area contributed by atoms with Gasteiger partial charge in [0, 0.05) is 18.2 Å². The second kappa shape index (κ2) is 6.63. The number of likely N-dealkylation sites (N-methyl/N-ethyl adjacent to an activating group) is 1. The fourth-order valence-corrected chi connectivity index (χ4v) is 1.64. The molecule has 20 heavy (non-hydrogen) atoms. The van der Waals surface area contributed by atoms with Crippen molar-refractivity contribution >= 4 is 12.0 Å². The average molecular weight is 281 g/mol. The van der Waals surface area contributed by atoms with Crippen molar-refractivity contribution in [1.29, 1.82) is 0 Å². The quantitative estimate of drug-likeness (QED) is 0.784. The van der Waals surface area contributed by atoms with Crippen molar-refractivity contribution in [2.24, 2.45) is 0 Å². The van der Waals surface area contributed by atoms with Crippen LogP contribution in [-0.2, 0) is 11.3 Å². The molecule has 1 rings (SSSR count). The fraction of sp³-hybridized carbons (Fsp3) is 0.400. The Morgan fingerprint density at radius 3 is 2.60 bits per heavy atom. The van der Waals surface area contributed by atoms with E-state index in [2.05, 4.69) is 0 Å². The summed E-state index contributed by atoms with van der Waals surface area (Å²) in [4.78, 5) is 12.4. The number of halogens is 1. The number of nitrogens with zero attached hydrogens (tertiary/aromatic N) is 1. The van der Waals surface area contributed by atoms with Gasteiger partial charge in [-0.1, -0.05) is 6.07 Å². The lowest BCUT2D eigenvalue weighted by atomic mass is 10.0. The number of aliphatic carboxylic acids is 1. The van der Waals surface area contributed by atoms with Crippen LogP contribution in [0.25, 0.3) is 6.08 Å². The summed E-state index contributed by atoms with van der Waals surface area (Å²) in [5, 5.41) is 17.9. The smallest absolute Gasteiger partial charge is 0.328 e. The zero-order chi connectivity index (χ0) is 15.3. The molecule has 0 radical (unpaired) electrons. The van der Waals surface area contributed by atoms with Crippen LogP contribution in [0.3, 0.4) is 0 Å². The summed E-state index contributed by atoms with van der Waals surface area (Å²) < 4.78 is 13.5. The van der Waals surface area contributed by atoms with Crippen LogP contribution in [0, 0.1) is 5.82 Å². The predicted octanol–water partition coefficient (Wildman–Crippen LogP) is 2.13. The Morgan fingerprint density at radius 1 is 1.40 bits per heavy atom. The molecule has 110 valence electrons. The highest BCUT2D eigenvalue weighted by Crippen LogP contribution is 2.17. The van der Waals surface area contributed by atoms with Crippen LogP contribution in [0.15, 0.2) is 24.3 Å². The normalized spacial score (nSPS) is 12.3. The summed E-state index contributed by atoms with van der Waals surface area (Å²) in [5.74, 6) is -1.49. The zero-order valence-corrected chi connectivity index (χ0v) is 11.9. The van der Waals surface area contributed by atoms with E-state index in [9.17, 15) is 14.3 Å². The van der Waals surface area contributed by atoms with Crippen LogP contribution in [0.2, 0.25) is 0 Å². The first-order chi connectivity index (χ1) is 9.24. The highest BCUT2D eigenvalue weighted by molar-refractivity contribution is 5.85. The molecule has 0 aliphatic carbocycles. The third-order valence-corrected chi connectivity index (χ3v) is 3.24. The maximum absolute atomic E-state index is 13.5. The summed E-state index contributed by atoms with van der Waals surface area (Å²) in [6.07, 6.45) is 2.33. The molecule has 0 unspecified atom stereocenters. The molecule has 0 saturated heterocycles. The minimum Gasteiger partial charge on any atom is -0.478 e. The largest absolute Gasteiger partial charge is 0.478 e. The first-order valence-corrected chi connectivity index (χ1v) is 6.27. The van der Waals surface area contributed by atoms with E-state index in [0.29, 0.717) is 12.1 Å². The van der Waals surface area contributed by atoms with E-state index in [1.54, 1.807) is 6.07 Å². The number of carboxylic acid groups (broad SMARTS) is 1. The van der Waals surface area contributed by atoms with E-state index >= 15 is 0 Å². The van der Waals surface area contributed by atoms with Gasteiger partial charge >= 0.3 is 5.97 Å². The van der Waals surface area contributed by atoms with Gasteiger partial charge in [-0.05, 0) is 50.2 Å². The molecule has 5 heteroatoms. The lowest BCUT2D eigenvalue weighted by Crippen LogP contribution is -2.43. The summed E-state index contributed by atoms with van der Waals surface area (Å²) in [5.41, 5.74) is 0.806.